The minimum Gasteiger partial charge on any atom is -0.421 e. The average Bonchev–Trinajstić information content (AvgIpc) is 3.42. The molecule has 2 heterocycles. The number of aryl methyl sites for hydroxylation is 1. The average molecular weight is 377 g/mol. The van der Waals surface area contributed by atoms with Gasteiger partial charge >= 0.3 is 0 Å². The van der Waals surface area contributed by atoms with E-state index >= 15 is 0 Å². The van der Waals surface area contributed by atoms with Crippen LogP contribution in [0, 0.1) is 12.7 Å². The number of hydrogen-bond donors (Lipinski definition) is 0. The molecular weight excluding hydrogens is 357 g/mol. The number of rotatable bonds is 2. The first kappa shape index (κ1) is 17.1. The zero-order valence-electron chi connectivity index (χ0n) is 15.6. The molecule has 28 heavy (non-hydrogen) atoms. The number of aromatic nitrogens is 2. The third-order valence-corrected chi connectivity index (χ3v) is 5.99. The molecule has 0 saturated heterocycles. The van der Waals surface area contributed by atoms with Crippen LogP contribution in [0.4, 0.5) is 10.1 Å². The number of carbonyl (C=O) groups excluding carboxylic acids is 1. The van der Waals surface area contributed by atoms with Gasteiger partial charge < -0.3 is 9.32 Å². The zero-order valence-corrected chi connectivity index (χ0v) is 15.6. The fourth-order valence-electron chi connectivity index (χ4n) is 4.78. The van der Waals surface area contributed by atoms with Crippen molar-refractivity contribution in [1.29, 1.82) is 0 Å². The van der Waals surface area contributed by atoms with E-state index in [2.05, 4.69) is 10.2 Å². The van der Waals surface area contributed by atoms with Crippen molar-refractivity contribution in [3.05, 3.63) is 65.3 Å². The highest BCUT2D eigenvalue weighted by atomic mass is 19.1. The maximum atomic E-state index is 14.8. The molecule has 1 spiro atoms. The summed E-state index contributed by atoms with van der Waals surface area (Å²) in [5, 5.41) is 7.94. The van der Waals surface area contributed by atoms with Crippen LogP contribution in [0.3, 0.4) is 0 Å². The van der Waals surface area contributed by atoms with Gasteiger partial charge in [-0.3, -0.25) is 4.79 Å². The predicted octanol–water partition coefficient (Wildman–Crippen LogP) is 4.66. The number of carbonyl (C=O) groups is 1. The lowest BCUT2D eigenvalue weighted by Crippen LogP contribution is -2.35. The van der Waals surface area contributed by atoms with Crippen molar-refractivity contribution in [2.75, 3.05) is 11.4 Å². The van der Waals surface area contributed by atoms with Crippen molar-refractivity contribution in [2.24, 2.45) is 0 Å². The Balaban J connectivity index is 1.61. The molecule has 1 aliphatic carbocycles. The highest BCUT2D eigenvalue weighted by Gasteiger charge is 2.48. The van der Waals surface area contributed by atoms with Crippen LogP contribution in [-0.4, -0.2) is 22.6 Å². The van der Waals surface area contributed by atoms with Crippen molar-refractivity contribution in [2.45, 2.75) is 38.0 Å². The van der Waals surface area contributed by atoms with E-state index in [0.29, 0.717) is 40.7 Å². The summed E-state index contributed by atoms with van der Waals surface area (Å²) < 4.78 is 20.4. The molecule has 5 rings (SSSR count). The number of anilines is 1. The Morgan fingerprint density at radius 1 is 1.11 bits per heavy atom. The zero-order chi connectivity index (χ0) is 19.3. The molecule has 0 bridgehead atoms. The lowest BCUT2D eigenvalue weighted by molar-refractivity contribution is 0.0985. The maximum Gasteiger partial charge on any atom is 0.259 e. The lowest BCUT2D eigenvalue weighted by Gasteiger charge is -2.25. The summed E-state index contributed by atoms with van der Waals surface area (Å²) in [6.45, 7) is 2.23. The minimum atomic E-state index is -0.271. The molecule has 3 aromatic rings. The normalized spacial score (nSPS) is 17.3. The van der Waals surface area contributed by atoms with Gasteiger partial charge in [-0.15, -0.1) is 10.2 Å². The molecule has 0 unspecified atom stereocenters. The van der Waals surface area contributed by atoms with Gasteiger partial charge in [-0.2, -0.15) is 0 Å². The van der Waals surface area contributed by atoms with Crippen LogP contribution in [0.1, 0.15) is 47.5 Å². The smallest absolute Gasteiger partial charge is 0.259 e. The Kier molecular flexibility index (Phi) is 3.82. The second kappa shape index (κ2) is 6.26. The molecule has 1 amide bonds. The highest BCUT2D eigenvalue weighted by Crippen LogP contribution is 2.51. The molecule has 5 nitrogen and oxygen atoms in total. The third-order valence-electron chi connectivity index (χ3n) is 5.99. The molecule has 1 aliphatic heterocycles. The van der Waals surface area contributed by atoms with Crippen LogP contribution in [0.15, 0.2) is 46.9 Å². The van der Waals surface area contributed by atoms with E-state index in [-0.39, 0.29) is 17.1 Å². The SMILES string of the molecule is Cc1nnc(-c2ccccc2C(=O)N2CC3(CCCC3)c3c(F)cccc32)o1. The van der Waals surface area contributed by atoms with E-state index in [1.807, 2.05) is 18.2 Å². The quantitative estimate of drug-likeness (QED) is 0.652. The van der Waals surface area contributed by atoms with Gasteiger partial charge in [0.15, 0.2) is 0 Å². The third kappa shape index (κ3) is 2.47. The molecule has 0 radical (unpaired) electrons. The largest absolute Gasteiger partial charge is 0.421 e. The molecule has 1 saturated carbocycles. The fraction of sp³-hybridized carbons (Fsp3) is 0.318. The standard InChI is InChI=1S/C22H20FN3O2/c1-14-24-25-20(28-14)15-7-2-3-8-16(15)21(27)26-13-22(11-4-5-12-22)19-17(23)9-6-10-18(19)26/h2-3,6-10H,4-5,11-13H2,1H3. The van der Waals surface area contributed by atoms with Crippen LogP contribution in [0.2, 0.25) is 0 Å². The summed E-state index contributed by atoms with van der Waals surface area (Å²) in [5.41, 5.74) is 2.19. The van der Waals surface area contributed by atoms with Crippen molar-refractivity contribution >= 4 is 11.6 Å². The van der Waals surface area contributed by atoms with E-state index in [4.69, 9.17) is 4.42 Å². The Bertz CT molecular complexity index is 1070. The van der Waals surface area contributed by atoms with E-state index in [0.717, 1.165) is 25.7 Å². The number of fused-ring (bicyclic) bond motifs is 2. The molecule has 142 valence electrons. The predicted molar refractivity (Wildman–Crippen MR) is 103 cm³/mol. The van der Waals surface area contributed by atoms with Crippen molar-refractivity contribution in [3.8, 4) is 11.5 Å². The van der Waals surface area contributed by atoms with E-state index in [1.165, 1.54) is 6.07 Å². The monoisotopic (exact) mass is 377 g/mol. The first-order valence-electron chi connectivity index (χ1n) is 9.59. The first-order chi connectivity index (χ1) is 13.6. The topological polar surface area (TPSA) is 59.2 Å². The maximum absolute atomic E-state index is 14.8. The molecule has 6 heteroatoms. The first-order valence-corrected chi connectivity index (χ1v) is 9.59. The number of benzene rings is 2. The summed E-state index contributed by atoms with van der Waals surface area (Å²) in [6.07, 6.45) is 3.95. The van der Waals surface area contributed by atoms with Crippen molar-refractivity contribution in [3.63, 3.8) is 0 Å². The Morgan fingerprint density at radius 2 is 1.89 bits per heavy atom. The van der Waals surface area contributed by atoms with Gasteiger partial charge in [-0.25, -0.2) is 4.39 Å². The summed E-state index contributed by atoms with van der Waals surface area (Å²) in [5.74, 6) is 0.379. The van der Waals surface area contributed by atoms with Crippen molar-refractivity contribution in [1.82, 2.24) is 10.2 Å². The Morgan fingerprint density at radius 3 is 2.64 bits per heavy atom. The van der Waals surface area contributed by atoms with Crippen LogP contribution in [-0.2, 0) is 5.41 Å². The number of hydrogen-bond acceptors (Lipinski definition) is 4. The molecule has 0 N–H and O–H groups in total. The second-order valence-corrected chi connectivity index (χ2v) is 7.68. The summed E-state index contributed by atoms with van der Waals surface area (Å²) >= 11 is 0. The number of amides is 1. The summed E-state index contributed by atoms with van der Waals surface area (Å²) in [6, 6.07) is 12.2. The summed E-state index contributed by atoms with van der Waals surface area (Å²) in [4.78, 5) is 15.3. The molecule has 2 aliphatic rings. The van der Waals surface area contributed by atoms with Crippen LogP contribution >= 0.6 is 0 Å². The van der Waals surface area contributed by atoms with E-state index in [9.17, 15) is 9.18 Å². The highest BCUT2D eigenvalue weighted by molar-refractivity contribution is 6.11. The molecule has 1 fully saturated rings. The van der Waals surface area contributed by atoms with Gasteiger partial charge in [-0.1, -0.05) is 31.0 Å². The van der Waals surface area contributed by atoms with Gasteiger partial charge in [0.1, 0.15) is 5.82 Å². The lowest BCUT2D eigenvalue weighted by atomic mass is 9.80. The number of halogens is 1. The minimum absolute atomic E-state index is 0.165. The molecule has 2 aromatic carbocycles. The fourth-order valence-corrected chi connectivity index (χ4v) is 4.78. The number of nitrogens with zero attached hydrogens (tertiary/aromatic N) is 3. The molecular formula is C22H20FN3O2. The van der Waals surface area contributed by atoms with E-state index in [1.54, 1.807) is 30.0 Å². The van der Waals surface area contributed by atoms with Gasteiger partial charge in [-0.05, 0) is 37.1 Å². The summed E-state index contributed by atoms with van der Waals surface area (Å²) in [7, 11) is 0. The van der Waals surface area contributed by atoms with E-state index < -0.39 is 0 Å². The van der Waals surface area contributed by atoms with Crippen LogP contribution < -0.4 is 4.90 Å². The van der Waals surface area contributed by atoms with Crippen LogP contribution in [0.5, 0.6) is 0 Å². The molecule has 1 aromatic heterocycles. The van der Waals surface area contributed by atoms with Gasteiger partial charge in [0.2, 0.25) is 11.8 Å². The van der Waals surface area contributed by atoms with Crippen LogP contribution in [0.25, 0.3) is 11.5 Å². The Hall–Kier alpha value is -3.02. The second-order valence-electron chi connectivity index (χ2n) is 7.68. The van der Waals surface area contributed by atoms with Crippen molar-refractivity contribution < 1.29 is 13.6 Å². The van der Waals surface area contributed by atoms with Gasteiger partial charge in [0.25, 0.3) is 5.91 Å². The van der Waals surface area contributed by atoms with Gasteiger partial charge in [0.05, 0.1) is 16.8 Å². The molecule has 0 atom stereocenters. The van der Waals surface area contributed by atoms with Gasteiger partial charge in [0, 0.05) is 24.4 Å². The Labute approximate surface area is 162 Å².